The number of nitrogens with zero attached hydrogens (tertiary/aromatic N) is 2. The summed E-state index contributed by atoms with van der Waals surface area (Å²) in [4.78, 5) is 7.76. The Kier molecular flexibility index (Phi) is 4.98. The van der Waals surface area contributed by atoms with Gasteiger partial charge in [0.15, 0.2) is 5.96 Å². The fourth-order valence-electron chi connectivity index (χ4n) is 1.94. The Hall–Kier alpha value is -2.57. The maximum atomic E-state index is 10.5. The molecule has 0 aliphatic rings. The van der Waals surface area contributed by atoms with Gasteiger partial charge in [-0.15, -0.1) is 0 Å². The van der Waals surface area contributed by atoms with Crippen LogP contribution in [0.3, 0.4) is 0 Å². The number of hydrogen-bond acceptors (Lipinski definition) is 2. The van der Waals surface area contributed by atoms with E-state index in [0.717, 1.165) is 5.56 Å². The number of aliphatic imine (C=N–C) groups is 2. The van der Waals surface area contributed by atoms with E-state index in [4.69, 9.17) is 28.8 Å². The summed E-state index contributed by atoms with van der Waals surface area (Å²) in [5.74, 6) is -0.322. The average molecular weight is 318 g/mol. The number of guanidine groups is 2. The Morgan fingerprint density at radius 1 is 1.05 bits per heavy atom. The van der Waals surface area contributed by atoms with E-state index in [0.29, 0.717) is 16.3 Å². The number of rotatable bonds is 3. The lowest BCUT2D eigenvalue weighted by Crippen LogP contribution is -2.26. The van der Waals surface area contributed by atoms with Gasteiger partial charge in [-0.2, -0.15) is 4.99 Å². The zero-order valence-electron chi connectivity index (χ0n) is 11.6. The van der Waals surface area contributed by atoms with E-state index >= 15 is 0 Å². The highest BCUT2D eigenvalue weighted by Crippen LogP contribution is 2.32. The molecule has 0 fully saturated rings. The van der Waals surface area contributed by atoms with Crippen molar-refractivity contribution in [2.75, 3.05) is 0 Å². The SMILES string of the molecule is NC(N)=NC(N)=Nc1cc(Cl)ccc1C(O)c1ccccc1. The molecule has 0 heterocycles. The molecule has 0 bridgehead atoms. The van der Waals surface area contributed by atoms with Gasteiger partial charge in [-0.1, -0.05) is 48.0 Å². The maximum Gasteiger partial charge on any atom is 0.223 e. The predicted octanol–water partition coefficient (Wildman–Crippen LogP) is 1.64. The van der Waals surface area contributed by atoms with Crippen LogP contribution in [0.15, 0.2) is 58.5 Å². The van der Waals surface area contributed by atoms with E-state index in [1.807, 2.05) is 30.3 Å². The Bertz CT molecular complexity index is 711. The van der Waals surface area contributed by atoms with Crippen LogP contribution in [0.1, 0.15) is 17.2 Å². The minimum absolute atomic E-state index is 0.122. The van der Waals surface area contributed by atoms with Crippen LogP contribution < -0.4 is 17.2 Å². The number of benzene rings is 2. The van der Waals surface area contributed by atoms with E-state index < -0.39 is 6.10 Å². The van der Waals surface area contributed by atoms with Crippen molar-refractivity contribution in [3.8, 4) is 0 Å². The molecule has 2 rings (SSSR count). The molecule has 2 aromatic carbocycles. The van der Waals surface area contributed by atoms with Crippen LogP contribution >= 0.6 is 11.6 Å². The van der Waals surface area contributed by atoms with Crippen molar-refractivity contribution >= 4 is 29.2 Å². The van der Waals surface area contributed by atoms with E-state index in [9.17, 15) is 5.11 Å². The second kappa shape index (κ2) is 6.93. The molecule has 22 heavy (non-hydrogen) atoms. The first kappa shape index (κ1) is 15.8. The fraction of sp³-hybridized carbons (Fsp3) is 0.0667. The molecule has 1 unspecified atom stereocenters. The van der Waals surface area contributed by atoms with E-state index in [1.165, 1.54) is 0 Å². The van der Waals surface area contributed by atoms with Crippen LogP contribution in [0.25, 0.3) is 0 Å². The maximum absolute atomic E-state index is 10.5. The lowest BCUT2D eigenvalue weighted by Gasteiger charge is -2.14. The van der Waals surface area contributed by atoms with Crippen LogP contribution in [-0.2, 0) is 0 Å². The summed E-state index contributed by atoms with van der Waals surface area (Å²) in [5.41, 5.74) is 17.8. The Balaban J connectivity index is 2.47. The number of aliphatic hydroxyl groups excluding tert-OH is 1. The van der Waals surface area contributed by atoms with E-state index in [-0.39, 0.29) is 11.9 Å². The highest BCUT2D eigenvalue weighted by Gasteiger charge is 2.15. The predicted molar refractivity (Wildman–Crippen MR) is 89.0 cm³/mol. The van der Waals surface area contributed by atoms with E-state index in [1.54, 1.807) is 18.2 Å². The van der Waals surface area contributed by atoms with Crippen molar-refractivity contribution in [3.63, 3.8) is 0 Å². The molecule has 0 spiro atoms. The van der Waals surface area contributed by atoms with Gasteiger partial charge in [0.05, 0.1) is 5.69 Å². The number of aliphatic hydroxyl groups is 1. The first-order valence-electron chi connectivity index (χ1n) is 6.43. The van der Waals surface area contributed by atoms with Crippen molar-refractivity contribution in [2.24, 2.45) is 27.2 Å². The molecule has 0 saturated heterocycles. The molecule has 0 aromatic heterocycles. The minimum atomic E-state index is -0.871. The van der Waals surface area contributed by atoms with Gasteiger partial charge >= 0.3 is 0 Å². The molecule has 0 radical (unpaired) electrons. The zero-order valence-corrected chi connectivity index (χ0v) is 12.4. The highest BCUT2D eigenvalue weighted by atomic mass is 35.5. The summed E-state index contributed by atoms with van der Waals surface area (Å²) in [7, 11) is 0. The number of halogens is 1. The van der Waals surface area contributed by atoms with Crippen LogP contribution in [0.5, 0.6) is 0 Å². The zero-order chi connectivity index (χ0) is 16.1. The van der Waals surface area contributed by atoms with Crippen molar-refractivity contribution in [1.82, 2.24) is 0 Å². The summed E-state index contributed by atoms with van der Waals surface area (Å²) in [6.45, 7) is 0. The molecule has 114 valence electrons. The Labute approximate surface area is 132 Å². The smallest absolute Gasteiger partial charge is 0.223 e. The normalized spacial score (nSPS) is 12.7. The van der Waals surface area contributed by atoms with Gasteiger partial charge in [0.25, 0.3) is 0 Å². The van der Waals surface area contributed by atoms with Gasteiger partial charge < -0.3 is 22.3 Å². The molecule has 2 aromatic rings. The van der Waals surface area contributed by atoms with Crippen molar-refractivity contribution in [3.05, 3.63) is 64.7 Å². The van der Waals surface area contributed by atoms with Gasteiger partial charge in [-0.05, 0) is 17.7 Å². The summed E-state index contributed by atoms with van der Waals surface area (Å²) in [5, 5.41) is 11.0. The number of nitrogens with two attached hydrogens (primary N) is 3. The molecule has 0 amide bonds. The molecule has 0 saturated carbocycles. The fourth-order valence-corrected chi connectivity index (χ4v) is 2.11. The van der Waals surface area contributed by atoms with Crippen LogP contribution in [0.2, 0.25) is 5.02 Å². The molecular formula is C15H16ClN5O. The average Bonchev–Trinajstić information content (AvgIpc) is 2.47. The second-order valence-electron chi connectivity index (χ2n) is 4.52. The van der Waals surface area contributed by atoms with Gasteiger partial charge in [0.1, 0.15) is 6.10 Å². The highest BCUT2D eigenvalue weighted by molar-refractivity contribution is 6.30. The third-order valence-corrected chi connectivity index (χ3v) is 3.12. The van der Waals surface area contributed by atoms with Crippen molar-refractivity contribution in [2.45, 2.75) is 6.10 Å². The molecule has 0 aliphatic heterocycles. The standard InChI is InChI=1S/C15H16ClN5O/c16-10-6-7-11(13(22)9-4-2-1-3-5-9)12(8-10)20-15(19)21-14(17)18/h1-8,13,22H,(H6,17,18,19,20,21). The molecule has 0 aliphatic carbocycles. The van der Waals surface area contributed by atoms with Gasteiger partial charge in [0.2, 0.25) is 5.96 Å². The van der Waals surface area contributed by atoms with Gasteiger partial charge in [-0.25, -0.2) is 4.99 Å². The lowest BCUT2D eigenvalue weighted by molar-refractivity contribution is 0.221. The number of hydrogen-bond donors (Lipinski definition) is 4. The molecule has 7 N–H and O–H groups in total. The summed E-state index contributed by atoms with van der Waals surface area (Å²) in [6.07, 6.45) is -0.871. The third-order valence-electron chi connectivity index (χ3n) is 2.88. The second-order valence-corrected chi connectivity index (χ2v) is 4.96. The van der Waals surface area contributed by atoms with E-state index in [2.05, 4.69) is 9.98 Å². The van der Waals surface area contributed by atoms with Gasteiger partial charge in [0, 0.05) is 10.6 Å². The molecular weight excluding hydrogens is 302 g/mol. The topological polar surface area (TPSA) is 123 Å². The summed E-state index contributed by atoms with van der Waals surface area (Å²) < 4.78 is 0. The Morgan fingerprint density at radius 3 is 2.36 bits per heavy atom. The quantitative estimate of drug-likeness (QED) is 0.507. The van der Waals surface area contributed by atoms with Crippen molar-refractivity contribution in [1.29, 1.82) is 0 Å². The van der Waals surface area contributed by atoms with Crippen molar-refractivity contribution < 1.29 is 5.11 Å². The van der Waals surface area contributed by atoms with Crippen LogP contribution in [0, 0.1) is 0 Å². The lowest BCUT2D eigenvalue weighted by atomic mass is 10.00. The largest absolute Gasteiger partial charge is 0.384 e. The van der Waals surface area contributed by atoms with Crippen LogP contribution in [-0.4, -0.2) is 17.0 Å². The third kappa shape index (κ3) is 3.97. The Morgan fingerprint density at radius 2 is 1.73 bits per heavy atom. The summed E-state index contributed by atoms with van der Waals surface area (Å²) in [6, 6.07) is 14.1. The first-order valence-corrected chi connectivity index (χ1v) is 6.81. The molecule has 1 atom stereocenters. The first-order chi connectivity index (χ1) is 10.5. The van der Waals surface area contributed by atoms with Crippen LogP contribution in [0.4, 0.5) is 5.69 Å². The minimum Gasteiger partial charge on any atom is -0.384 e. The van der Waals surface area contributed by atoms with Gasteiger partial charge in [-0.3, -0.25) is 0 Å². The molecule has 7 heteroatoms. The summed E-state index contributed by atoms with van der Waals surface area (Å²) >= 11 is 5.98. The molecule has 6 nitrogen and oxygen atoms in total. The monoisotopic (exact) mass is 317 g/mol.